The maximum Gasteiger partial charge on any atom is 0.260 e. The molecule has 3 aromatic rings. The third kappa shape index (κ3) is 4.92. The molecule has 0 radical (unpaired) electrons. The third-order valence-electron chi connectivity index (χ3n) is 5.34. The number of thiazole rings is 1. The summed E-state index contributed by atoms with van der Waals surface area (Å²) in [5.74, 6) is 0.577. The first-order chi connectivity index (χ1) is 15.0. The van der Waals surface area contributed by atoms with E-state index in [1.165, 1.54) is 18.3 Å². The zero-order valence-electron chi connectivity index (χ0n) is 17.7. The Balaban J connectivity index is 1.63. The fourth-order valence-corrected chi connectivity index (χ4v) is 4.46. The van der Waals surface area contributed by atoms with E-state index in [0.717, 1.165) is 35.6 Å². The lowest BCUT2D eigenvalue weighted by atomic mass is 10.1. The molecule has 0 saturated carbocycles. The van der Waals surface area contributed by atoms with E-state index in [0.29, 0.717) is 36.0 Å². The molecule has 0 bridgehead atoms. The number of hydrogen-bond acceptors (Lipinski definition) is 7. The number of ketones is 1. The zero-order chi connectivity index (χ0) is 21.8. The minimum Gasteiger partial charge on any atom is -0.497 e. The topological polar surface area (TPSA) is 72.0 Å². The van der Waals surface area contributed by atoms with Gasteiger partial charge in [0.2, 0.25) is 0 Å². The van der Waals surface area contributed by atoms with Crippen molar-refractivity contribution in [3.8, 4) is 5.75 Å². The molecule has 1 aliphatic rings. The van der Waals surface area contributed by atoms with Crippen LogP contribution in [0.4, 0.5) is 5.13 Å². The molecule has 1 amide bonds. The highest BCUT2D eigenvalue weighted by molar-refractivity contribution is 7.22. The number of fused-ring (bicyclic) bond motifs is 1. The van der Waals surface area contributed by atoms with Gasteiger partial charge < -0.3 is 9.47 Å². The number of anilines is 1. The number of nitrogens with zero attached hydrogens (tertiary/aromatic N) is 3. The van der Waals surface area contributed by atoms with E-state index in [2.05, 4.69) is 4.90 Å². The van der Waals surface area contributed by atoms with Gasteiger partial charge >= 0.3 is 0 Å². The van der Waals surface area contributed by atoms with Gasteiger partial charge in [-0.1, -0.05) is 23.5 Å². The summed E-state index contributed by atoms with van der Waals surface area (Å²) in [6.07, 6.45) is 0. The van der Waals surface area contributed by atoms with E-state index < -0.39 is 0 Å². The normalized spacial score (nSPS) is 14.5. The second kappa shape index (κ2) is 9.55. The first kappa shape index (κ1) is 21.4. The van der Waals surface area contributed by atoms with E-state index >= 15 is 0 Å². The first-order valence-corrected chi connectivity index (χ1v) is 11.0. The van der Waals surface area contributed by atoms with Gasteiger partial charge in [-0.05, 0) is 31.2 Å². The van der Waals surface area contributed by atoms with E-state index in [9.17, 15) is 9.59 Å². The van der Waals surface area contributed by atoms with Gasteiger partial charge in [0.25, 0.3) is 5.91 Å². The Morgan fingerprint density at radius 2 is 1.84 bits per heavy atom. The van der Waals surface area contributed by atoms with E-state index in [-0.39, 0.29) is 11.7 Å². The molecular weight excluding hydrogens is 414 g/mol. The fraction of sp³-hybridized carbons (Fsp3) is 0.348. The highest BCUT2D eigenvalue weighted by atomic mass is 32.1. The van der Waals surface area contributed by atoms with Gasteiger partial charge in [0.05, 0.1) is 30.5 Å². The van der Waals surface area contributed by atoms with Crippen LogP contribution in [0.1, 0.15) is 27.6 Å². The van der Waals surface area contributed by atoms with Crippen LogP contribution in [-0.4, -0.2) is 68.1 Å². The number of morpholine rings is 1. The van der Waals surface area contributed by atoms with Gasteiger partial charge in [0, 0.05) is 43.4 Å². The Kier molecular flexibility index (Phi) is 6.60. The molecule has 2 heterocycles. The summed E-state index contributed by atoms with van der Waals surface area (Å²) >= 11 is 1.48. The molecule has 1 saturated heterocycles. The summed E-state index contributed by atoms with van der Waals surface area (Å²) in [5.41, 5.74) is 1.92. The average Bonchev–Trinajstić information content (AvgIpc) is 3.22. The highest BCUT2D eigenvalue weighted by Crippen LogP contribution is 2.32. The molecular formula is C23H25N3O4S. The summed E-state index contributed by atoms with van der Waals surface area (Å²) in [7, 11) is 1.62. The number of carbonyl (C=O) groups is 2. The summed E-state index contributed by atoms with van der Waals surface area (Å²) in [5, 5.41) is 0.650. The molecule has 31 heavy (non-hydrogen) atoms. The summed E-state index contributed by atoms with van der Waals surface area (Å²) < 4.78 is 11.7. The number of hydrogen-bond donors (Lipinski definition) is 0. The number of rotatable bonds is 7. The van der Waals surface area contributed by atoms with Crippen molar-refractivity contribution in [2.45, 2.75) is 6.92 Å². The van der Waals surface area contributed by atoms with Gasteiger partial charge in [-0.2, -0.15) is 0 Å². The monoisotopic (exact) mass is 439 g/mol. The number of Topliss-reactive ketones (excluding diaryl/α,β-unsaturated/α-hetero) is 1. The van der Waals surface area contributed by atoms with E-state index in [1.807, 2.05) is 18.2 Å². The molecule has 0 N–H and O–H groups in total. The van der Waals surface area contributed by atoms with Crippen LogP contribution < -0.4 is 9.64 Å². The third-order valence-corrected chi connectivity index (χ3v) is 6.40. The van der Waals surface area contributed by atoms with Crippen LogP contribution in [0.15, 0.2) is 42.5 Å². The smallest absolute Gasteiger partial charge is 0.260 e. The number of amides is 1. The predicted octanol–water partition coefficient (Wildman–Crippen LogP) is 3.49. The molecule has 0 aliphatic carbocycles. The van der Waals surface area contributed by atoms with Crippen molar-refractivity contribution in [2.24, 2.45) is 0 Å². The zero-order valence-corrected chi connectivity index (χ0v) is 18.5. The van der Waals surface area contributed by atoms with E-state index in [1.54, 1.807) is 36.3 Å². The molecule has 0 spiro atoms. The molecule has 1 aromatic heterocycles. The second-order valence-corrected chi connectivity index (χ2v) is 8.38. The quantitative estimate of drug-likeness (QED) is 0.525. The molecule has 162 valence electrons. The maximum absolute atomic E-state index is 13.4. The molecule has 8 heteroatoms. The van der Waals surface area contributed by atoms with Gasteiger partial charge in [-0.15, -0.1) is 0 Å². The van der Waals surface area contributed by atoms with Gasteiger partial charge in [-0.3, -0.25) is 19.4 Å². The largest absolute Gasteiger partial charge is 0.497 e. The Labute approximate surface area is 185 Å². The number of aromatic nitrogens is 1. The van der Waals surface area contributed by atoms with Crippen molar-refractivity contribution in [1.29, 1.82) is 0 Å². The Morgan fingerprint density at radius 1 is 1.13 bits per heavy atom. The highest BCUT2D eigenvalue weighted by Gasteiger charge is 2.23. The number of methoxy groups -OCH3 is 1. The van der Waals surface area contributed by atoms with Crippen molar-refractivity contribution in [2.75, 3.05) is 51.4 Å². The van der Waals surface area contributed by atoms with Crippen LogP contribution in [0.5, 0.6) is 5.75 Å². The minimum absolute atomic E-state index is 0.0247. The van der Waals surface area contributed by atoms with Crippen molar-refractivity contribution in [3.63, 3.8) is 0 Å². The average molecular weight is 440 g/mol. The predicted molar refractivity (Wildman–Crippen MR) is 122 cm³/mol. The maximum atomic E-state index is 13.4. The molecule has 7 nitrogen and oxygen atoms in total. The summed E-state index contributed by atoms with van der Waals surface area (Å²) in [6.45, 7) is 5.90. The standard InChI is InChI=1S/C23H25N3O4S/c1-16(27)17-3-5-18(6-4-17)22(28)26(10-9-25-11-13-30-14-12-25)23-24-20-15-19(29-2)7-8-21(20)31-23/h3-8,15H,9-14H2,1-2H3. The lowest BCUT2D eigenvalue weighted by Gasteiger charge is -2.29. The second-order valence-electron chi connectivity index (χ2n) is 7.37. The molecule has 4 rings (SSSR count). The Bertz CT molecular complexity index is 1070. The molecule has 0 atom stereocenters. The lowest BCUT2D eigenvalue weighted by Crippen LogP contribution is -2.43. The van der Waals surface area contributed by atoms with Crippen molar-refractivity contribution in [1.82, 2.24) is 9.88 Å². The number of carbonyl (C=O) groups excluding carboxylic acids is 2. The molecule has 1 fully saturated rings. The lowest BCUT2D eigenvalue weighted by molar-refractivity contribution is 0.0391. The van der Waals surface area contributed by atoms with Crippen LogP contribution in [0.3, 0.4) is 0 Å². The number of benzene rings is 2. The van der Waals surface area contributed by atoms with Crippen LogP contribution in [0, 0.1) is 0 Å². The van der Waals surface area contributed by atoms with Crippen molar-refractivity contribution in [3.05, 3.63) is 53.6 Å². The van der Waals surface area contributed by atoms with Crippen molar-refractivity contribution >= 4 is 38.4 Å². The fourth-order valence-electron chi connectivity index (χ4n) is 3.49. The van der Waals surface area contributed by atoms with Crippen LogP contribution >= 0.6 is 11.3 Å². The number of ether oxygens (including phenoxy) is 2. The summed E-state index contributed by atoms with van der Waals surface area (Å²) in [6, 6.07) is 12.5. The van der Waals surface area contributed by atoms with Crippen molar-refractivity contribution < 1.29 is 19.1 Å². The van der Waals surface area contributed by atoms with Crippen LogP contribution in [0.2, 0.25) is 0 Å². The van der Waals surface area contributed by atoms with Gasteiger partial charge in [0.15, 0.2) is 10.9 Å². The summed E-state index contributed by atoms with van der Waals surface area (Å²) in [4.78, 5) is 33.8. The Morgan fingerprint density at radius 3 is 2.52 bits per heavy atom. The van der Waals surface area contributed by atoms with Crippen LogP contribution in [-0.2, 0) is 4.74 Å². The SMILES string of the molecule is COc1ccc2sc(N(CCN3CCOCC3)C(=O)c3ccc(C(C)=O)cc3)nc2c1. The van der Waals surface area contributed by atoms with Gasteiger partial charge in [0.1, 0.15) is 5.75 Å². The van der Waals surface area contributed by atoms with E-state index in [4.69, 9.17) is 14.5 Å². The molecule has 0 unspecified atom stereocenters. The minimum atomic E-state index is -0.130. The molecule has 2 aromatic carbocycles. The van der Waals surface area contributed by atoms with Crippen LogP contribution in [0.25, 0.3) is 10.2 Å². The van der Waals surface area contributed by atoms with Gasteiger partial charge in [-0.25, -0.2) is 4.98 Å². The first-order valence-electron chi connectivity index (χ1n) is 10.2. The Hall–Kier alpha value is -2.81. The molecule has 1 aliphatic heterocycles.